The first-order chi connectivity index (χ1) is 12.0. The Bertz CT molecular complexity index is 805. The third kappa shape index (κ3) is 4.17. The van der Waals surface area contributed by atoms with Crippen molar-refractivity contribution in [1.29, 1.82) is 0 Å². The first kappa shape index (κ1) is 17.0. The Balaban J connectivity index is 1.70. The van der Waals surface area contributed by atoms with Gasteiger partial charge in [0.15, 0.2) is 11.6 Å². The predicted octanol–water partition coefficient (Wildman–Crippen LogP) is 3.28. The van der Waals surface area contributed by atoms with Crippen LogP contribution in [-0.4, -0.2) is 22.8 Å². The Hall–Kier alpha value is -2.83. The largest absolute Gasteiger partial charge is 0.348 e. The lowest BCUT2D eigenvalue weighted by molar-refractivity contribution is 0.0932. The Labute approximate surface area is 143 Å². The van der Waals surface area contributed by atoms with Gasteiger partial charge in [0.1, 0.15) is 11.4 Å². The summed E-state index contributed by atoms with van der Waals surface area (Å²) >= 11 is 0. The normalized spacial score (nSPS) is 14.3. The SMILES string of the molecule is O=C(Nc1ccc(F)c(F)c1)c1cccc(C(=O)NC2CCCC2)n1. The molecular formula is C18H17F2N3O2. The number of hydrogen-bond donors (Lipinski definition) is 2. The van der Waals surface area contributed by atoms with Crippen LogP contribution in [-0.2, 0) is 0 Å². The van der Waals surface area contributed by atoms with E-state index in [1.165, 1.54) is 18.2 Å². The zero-order valence-electron chi connectivity index (χ0n) is 13.4. The van der Waals surface area contributed by atoms with Gasteiger partial charge >= 0.3 is 0 Å². The maximum atomic E-state index is 13.2. The van der Waals surface area contributed by atoms with Crippen molar-refractivity contribution in [2.75, 3.05) is 5.32 Å². The lowest BCUT2D eigenvalue weighted by Gasteiger charge is -2.12. The number of hydrogen-bond acceptors (Lipinski definition) is 3. The average molecular weight is 345 g/mol. The van der Waals surface area contributed by atoms with Crippen molar-refractivity contribution < 1.29 is 18.4 Å². The van der Waals surface area contributed by atoms with Gasteiger partial charge in [0.05, 0.1) is 0 Å². The fraction of sp³-hybridized carbons (Fsp3) is 0.278. The first-order valence-electron chi connectivity index (χ1n) is 8.07. The molecule has 130 valence electrons. The van der Waals surface area contributed by atoms with Crippen LogP contribution < -0.4 is 10.6 Å². The minimum absolute atomic E-state index is 0.0174. The van der Waals surface area contributed by atoms with Gasteiger partial charge in [0, 0.05) is 17.8 Å². The number of carbonyl (C=O) groups is 2. The van der Waals surface area contributed by atoms with Crippen LogP contribution in [0.4, 0.5) is 14.5 Å². The number of nitrogens with zero attached hydrogens (tertiary/aromatic N) is 1. The van der Waals surface area contributed by atoms with E-state index in [9.17, 15) is 18.4 Å². The van der Waals surface area contributed by atoms with E-state index in [0.717, 1.165) is 37.8 Å². The number of amides is 2. The van der Waals surface area contributed by atoms with Crippen LogP contribution in [0.15, 0.2) is 36.4 Å². The van der Waals surface area contributed by atoms with Gasteiger partial charge in [-0.3, -0.25) is 9.59 Å². The summed E-state index contributed by atoms with van der Waals surface area (Å²) in [5.74, 6) is -2.99. The molecule has 1 fully saturated rings. The smallest absolute Gasteiger partial charge is 0.274 e. The van der Waals surface area contributed by atoms with Gasteiger partial charge in [0.2, 0.25) is 0 Å². The summed E-state index contributed by atoms with van der Waals surface area (Å²) in [5.41, 5.74) is 0.264. The Morgan fingerprint density at radius 2 is 1.64 bits per heavy atom. The molecule has 1 aromatic heterocycles. The molecule has 3 rings (SSSR count). The van der Waals surface area contributed by atoms with Crippen molar-refractivity contribution in [3.8, 4) is 0 Å². The van der Waals surface area contributed by atoms with Gasteiger partial charge in [-0.15, -0.1) is 0 Å². The third-order valence-corrected chi connectivity index (χ3v) is 4.08. The van der Waals surface area contributed by atoms with E-state index < -0.39 is 17.5 Å². The third-order valence-electron chi connectivity index (χ3n) is 4.08. The molecule has 0 bridgehead atoms. The molecule has 0 atom stereocenters. The molecule has 2 aromatic rings. The van der Waals surface area contributed by atoms with Crippen molar-refractivity contribution in [1.82, 2.24) is 10.3 Å². The Kier molecular flexibility index (Phi) is 5.02. The number of carbonyl (C=O) groups excluding carboxylic acids is 2. The zero-order valence-corrected chi connectivity index (χ0v) is 13.4. The van der Waals surface area contributed by atoms with Crippen molar-refractivity contribution in [2.24, 2.45) is 0 Å². The second-order valence-corrected chi connectivity index (χ2v) is 5.95. The average Bonchev–Trinajstić information content (AvgIpc) is 3.11. The molecule has 1 saturated carbocycles. The summed E-state index contributed by atoms with van der Waals surface area (Å²) in [5, 5.41) is 5.33. The number of benzene rings is 1. The van der Waals surface area contributed by atoms with E-state index in [4.69, 9.17) is 0 Å². The minimum atomic E-state index is -1.06. The van der Waals surface area contributed by atoms with Gasteiger partial charge in [-0.25, -0.2) is 13.8 Å². The van der Waals surface area contributed by atoms with Crippen molar-refractivity contribution >= 4 is 17.5 Å². The monoisotopic (exact) mass is 345 g/mol. The van der Waals surface area contributed by atoms with Crippen LogP contribution in [0, 0.1) is 11.6 Å². The number of aromatic nitrogens is 1. The molecule has 0 saturated heterocycles. The topological polar surface area (TPSA) is 71.1 Å². The van der Waals surface area contributed by atoms with Crippen molar-refractivity contribution in [2.45, 2.75) is 31.7 Å². The maximum Gasteiger partial charge on any atom is 0.274 e. The summed E-state index contributed by atoms with van der Waals surface area (Å²) in [6, 6.07) is 7.71. The second kappa shape index (κ2) is 7.38. The summed E-state index contributed by atoms with van der Waals surface area (Å²) in [6.07, 6.45) is 4.08. The maximum absolute atomic E-state index is 13.2. The second-order valence-electron chi connectivity index (χ2n) is 5.95. The number of halogens is 2. The Morgan fingerprint density at radius 3 is 2.32 bits per heavy atom. The minimum Gasteiger partial charge on any atom is -0.348 e. The van der Waals surface area contributed by atoms with Crippen LogP contribution >= 0.6 is 0 Å². The molecule has 0 aliphatic heterocycles. The molecule has 7 heteroatoms. The molecule has 1 heterocycles. The van der Waals surface area contributed by atoms with Gasteiger partial charge < -0.3 is 10.6 Å². The van der Waals surface area contributed by atoms with E-state index in [1.54, 1.807) is 6.07 Å². The highest BCUT2D eigenvalue weighted by Crippen LogP contribution is 2.18. The number of nitrogens with one attached hydrogen (secondary N) is 2. The van der Waals surface area contributed by atoms with Gasteiger partial charge in [-0.1, -0.05) is 18.9 Å². The highest BCUT2D eigenvalue weighted by molar-refractivity contribution is 6.03. The standard InChI is InChI=1S/C18H17F2N3O2/c19-13-9-8-12(10-14(13)20)22-18(25)16-7-3-6-15(23-16)17(24)21-11-4-1-2-5-11/h3,6-11H,1-2,4-5H2,(H,21,24)(H,22,25). The van der Waals surface area contributed by atoms with E-state index in [2.05, 4.69) is 15.6 Å². The molecule has 0 unspecified atom stereocenters. The summed E-state index contributed by atoms with van der Waals surface area (Å²) in [6.45, 7) is 0. The van der Waals surface area contributed by atoms with Crippen LogP contribution in [0.3, 0.4) is 0 Å². The van der Waals surface area contributed by atoms with Gasteiger partial charge in [-0.2, -0.15) is 0 Å². The predicted molar refractivity (Wildman–Crippen MR) is 88.3 cm³/mol. The number of pyridine rings is 1. The highest BCUT2D eigenvalue weighted by Gasteiger charge is 2.19. The van der Waals surface area contributed by atoms with Crippen LogP contribution in [0.1, 0.15) is 46.7 Å². The summed E-state index contributed by atoms with van der Waals surface area (Å²) in [7, 11) is 0. The molecule has 0 radical (unpaired) electrons. The molecule has 0 spiro atoms. The molecule has 1 aliphatic rings. The van der Waals surface area contributed by atoms with Gasteiger partial charge in [-0.05, 0) is 37.1 Å². The first-order valence-corrected chi connectivity index (χ1v) is 8.07. The van der Waals surface area contributed by atoms with Crippen LogP contribution in [0.2, 0.25) is 0 Å². The van der Waals surface area contributed by atoms with Crippen LogP contribution in [0.25, 0.3) is 0 Å². The molecule has 1 aliphatic carbocycles. The quantitative estimate of drug-likeness (QED) is 0.893. The van der Waals surface area contributed by atoms with E-state index in [-0.39, 0.29) is 29.0 Å². The highest BCUT2D eigenvalue weighted by atomic mass is 19.2. The molecule has 2 N–H and O–H groups in total. The molecular weight excluding hydrogens is 328 g/mol. The van der Waals surface area contributed by atoms with Crippen molar-refractivity contribution in [3.63, 3.8) is 0 Å². The summed E-state index contributed by atoms with van der Waals surface area (Å²) in [4.78, 5) is 28.5. The van der Waals surface area contributed by atoms with E-state index >= 15 is 0 Å². The number of rotatable bonds is 4. The van der Waals surface area contributed by atoms with Gasteiger partial charge in [0.25, 0.3) is 11.8 Å². The lowest BCUT2D eigenvalue weighted by Crippen LogP contribution is -2.33. The zero-order chi connectivity index (χ0) is 17.8. The molecule has 1 aromatic carbocycles. The van der Waals surface area contributed by atoms with Crippen LogP contribution in [0.5, 0.6) is 0 Å². The summed E-state index contributed by atoms with van der Waals surface area (Å²) < 4.78 is 26.1. The molecule has 25 heavy (non-hydrogen) atoms. The fourth-order valence-electron chi connectivity index (χ4n) is 2.79. The fourth-order valence-corrected chi connectivity index (χ4v) is 2.79. The number of anilines is 1. The van der Waals surface area contributed by atoms with Crippen molar-refractivity contribution in [3.05, 3.63) is 59.4 Å². The lowest BCUT2D eigenvalue weighted by atomic mass is 10.2. The Morgan fingerprint density at radius 1 is 0.960 bits per heavy atom. The molecule has 5 nitrogen and oxygen atoms in total. The van der Waals surface area contributed by atoms with E-state index in [1.807, 2.05) is 0 Å². The van der Waals surface area contributed by atoms with E-state index in [0.29, 0.717) is 0 Å². The molecule has 2 amide bonds.